The predicted molar refractivity (Wildman–Crippen MR) is 93.5 cm³/mol. The second kappa shape index (κ2) is 8.38. The zero-order valence-electron chi connectivity index (χ0n) is 14.9. The number of hydrogen-bond acceptors (Lipinski definition) is 5. The van der Waals surface area contributed by atoms with Gasteiger partial charge in [-0.3, -0.25) is 24.5 Å². The van der Waals surface area contributed by atoms with Gasteiger partial charge in [0, 0.05) is 13.5 Å². The van der Waals surface area contributed by atoms with Crippen molar-refractivity contribution in [1.29, 1.82) is 0 Å². The molecule has 3 heterocycles. The fraction of sp³-hybridized carbons (Fsp3) is 0.667. The summed E-state index contributed by atoms with van der Waals surface area (Å²) >= 11 is 0. The van der Waals surface area contributed by atoms with Gasteiger partial charge in [-0.1, -0.05) is 6.42 Å². The van der Waals surface area contributed by atoms with E-state index in [-0.39, 0.29) is 17.9 Å². The summed E-state index contributed by atoms with van der Waals surface area (Å²) in [5.41, 5.74) is 1.55. The zero-order valence-corrected chi connectivity index (χ0v) is 14.9. The van der Waals surface area contributed by atoms with Crippen LogP contribution in [0.3, 0.4) is 0 Å². The maximum absolute atomic E-state index is 12.8. The van der Waals surface area contributed by atoms with Crippen molar-refractivity contribution in [3.8, 4) is 0 Å². The highest BCUT2D eigenvalue weighted by atomic mass is 16.2. The molecule has 1 atom stereocenters. The average molecular weight is 345 g/mol. The maximum atomic E-state index is 12.8. The van der Waals surface area contributed by atoms with Crippen LogP contribution in [0, 0.1) is 0 Å². The first-order chi connectivity index (χ1) is 12.1. The highest BCUT2D eigenvalue weighted by molar-refractivity contribution is 5.79. The van der Waals surface area contributed by atoms with Crippen molar-refractivity contribution in [2.45, 2.75) is 51.6 Å². The summed E-state index contributed by atoms with van der Waals surface area (Å²) in [5.74, 6) is 0.102. The van der Waals surface area contributed by atoms with Gasteiger partial charge in [0.2, 0.25) is 11.8 Å². The Bertz CT molecular complexity index is 615. The second-order valence-electron chi connectivity index (χ2n) is 6.93. The molecular formula is C18H27N5O2. The van der Waals surface area contributed by atoms with Gasteiger partial charge in [-0.05, 0) is 38.8 Å². The van der Waals surface area contributed by atoms with E-state index in [0.29, 0.717) is 13.1 Å². The lowest BCUT2D eigenvalue weighted by atomic mass is 10.1. The van der Waals surface area contributed by atoms with Gasteiger partial charge in [-0.25, -0.2) is 0 Å². The molecule has 0 bridgehead atoms. The third kappa shape index (κ3) is 4.75. The Kier molecular flexibility index (Phi) is 5.96. The standard InChI is InChI=1S/C18H27N5O2/c1-14(24)20-11-15-10-19-12-16(21-15)17-6-5-9-23(17)18(25)13-22-7-3-2-4-8-22/h10,12,17H,2-9,11,13H2,1H3,(H,20,24)/t17-/m0/s1. The van der Waals surface area contributed by atoms with E-state index in [1.54, 1.807) is 12.4 Å². The number of likely N-dealkylation sites (tertiary alicyclic amines) is 2. The summed E-state index contributed by atoms with van der Waals surface area (Å²) in [6.07, 6.45) is 8.97. The summed E-state index contributed by atoms with van der Waals surface area (Å²) in [6.45, 7) is 5.19. The quantitative estimate of drug-likeness (QED) is 0.869. The van der Waals surface area contributed by atoms with Crippen LogP contribution in [0.1, 0.15) is 56.5 Å². The summed E-state index contributed by atoms with van der Waals surface area (Å²) < 4.78 is 0. The number of aromatic nitrogens is 2. The van der Waals surface area contributed by atoms with Gasteiger partial charge < -0.3 is 10.2 Å². The van der Waals surface area contributed by atoms with Gasteiger partial charge >= 0.3 is 0 Å². The topological polar surface area (TPSA) is 78.4 Å². The van der Waals surface area contributed by atoms with Crippen LogP contribution in [0.25, 0.3) is 0 Å². The van der Waals surface area contributed by atoms with E-state index in [2.05, 4.69) is 20.2 Å². The minimum absolute atomic E-state index is 0.00192. The molecule has 0 aliphatic carbocycles. The van der Waals surface area contributed by atoms with E-state index in [1.165, 1.54) is 26.2 Å². The summed E-state index contributed by atoms with van der Waals surface area (Å²) in [6, 6.07) is 0.00192. The van der Waals surface area contributed by atoms with Gasteiger partial charge in [0.1, 0.15) is 0 Å². The normalized spacial score (nSPS) is 21.3. The Morgan fingerprint density at radius 3 is 2.72 bits per heavy atom. The number of piperidine rings is 1. The number of amides is 2. The molecule has 0 aromatic carbocycles. The predicted octanol–water partition coefficient (Wildman–Crippen LogP) is 1.26. The van der Waals surface area contributed by atoms with Crippen LogP contribution in [0.5, 0.6) is 0 Å². The van der Waals surface area contributed by atoms with E-state index < -0.39 is 0 Å². The minimum Gasteiger partial charge on any atom is -0.351 e. The first kappa shape index (κ1) is 17.8. The molecule has 2 saturated heterocycles. The molecule has 7 nitrogen and oxygen atoms in total. The second-order valence-corrected chi connectivity index (χ2v) is 6.93. The van der Waals surface area contributed by atoms with Gasteiger partial charge in [0.25, 0.3) is 0 Å². The molecule has 0 spiro atoms. The number of carbonyl (C=O) groups is 2. The van der Waals surface area contributed by atoms with E-state index in [4.69, 9.17) is 0 Å². The third-order valence-electron chi connectivity index (χ3n) is 4.94. The lowest BCUT2D eigenvalue weighted by molar-refractivity contribution is -0.133. The Labute approximate surface area is 148 Å². The Hall–Kier alpha value is -2.02. The van der Waals surface area contributed by atoms with Crippen LogP contribution in [0.4, 0.5) is 0 Å². The van der Waals surface area contributed by atoms with E-state index in [0.717, 1.165) is 43.9 Å². The molecule has 25 heavy (non-hydrogen) atoms. The molecule has 2 amide bonds. The molecule has 1 aromatic heterocycles. The fourth-order valence-corrected chi connectivity index (χ4v) is 3.66. The molecule has 2 aliphatic heterocycles. The Morgan fingerprint density at radius 2 is 1.96 bits per heavy atom. The highest BCUT2D eigenvalue weighted by Gasteiger charge is 2.32. The summed E-state index contributed by atoms with van der Waals surface area (Å²) in [4.78, 5) is 36.9. The summed E-state index contributed by atoms with van der Waals surface area (Å²) in [5, 5.41) is 2.74. The molecule has 0 radical (unpaired) electrons. The van der Waals surface area contributed by atoms with Gasteiger partial charge in [0.15, 0.2) is 0 Å². The fourth-order valence-electron chi connectivity index (χ4n) is 3.66. The zero-order chi connectivity index (χ0) is 17.6. The molecule has 2 aliphatic rings. The van der Waals surface area contributed by atoms with Gasteiger partial charge in [-0.2, -0.15) is 0 Å². The molecule has 136 valence electrons. The van der Waals surface area contributed by atoms with Crippen molar-refractivity contribution in [3.63, 3.8) is 0 Å². The SMILES string of the molecule is CC(=O)NCc1cncc([C@@H]2CCCN2C(=O)CN2CCCCC2)n1. The lowest BCUT2D eigenvalue weighted by Crippen LogP contribution is -2.42. The van der Waals surface area contributed by atoms with Crippen molar-refractivity contribution in [3.05, 3.63) is 23.8 Å². The minimum atomic E-state index is -0.0913. The first-order valence-electron chi connectivity index (χ1n) is 9.20. The van der Waals surface area contributed by atoms with Crippen LogP contribution in [0.2, 0.25) is 0 Å². The monoisotopic (exact) mass is 345 g/mol. The number of hydrogen-bond donors (Lipinski definition) is 1. The average Bonchev–Trinajstić information content (AvgIpc) is 3.11. The van der Waals surface area contributed by atoms with Crippen LogP contribution in [-0.4, -0.2) is 57.8 Å². The molecule has 7 heteroatoms. The first-order valence-corrected chi connectivity index (χ1v) is 9.20. The molecule has 3 rings (SSSR count). The van der Waals surface area contributed by atoms with Crippen molar-refractivity contribution < 1.29 is 9.59 Å². The molecule has 2 fully saturated rings. The number of rotatable bonds is 5. The maximum Gasteiger partial charge on any atom is 0.237 e. The van der Waals surface area contributed by atoms with E-state index in [9.17, 15) is 9.59 Å². The van der Waals surface area contributed by atoms with E-state index >= 15 is 0 Å². The van der Waals surface area contributed by atoms with Crippen molar-refractivity contribution in [1.82, 2.24) is 25.1 Å². The smallest absolute Gasteiger partial charge is 0.237 e. The molecule has 0 saturated carbocycles. The Balaban J connectivity index is 1.65. The van der Waals surface area contributed by atoms with Crippen LogP contribution in [0.15, 0.2) is 12.4 Å². The molecular weight excluding hydrogens is 318 g/mol. The lowest BCUT2D eigenvalue weighted by Gasteiger charge is -2.30. The van der Waals surface area contributed by atoms with E-state index in [1.807, 2.05) is 4.90 Å². The molecule has 1 aromatic rings. The van der Waals surface area contributed by atoms with Crippen LogP contribution < -0.4 is 5.32 Å². The van der Waals surface area contributed by atoms with Gasteiger partial charge in [0.05, 0.1) is 42.9 Å². The number of nitrogens with zero attached hydrogens (tertiary/aromatic N) is 4. The molecule has 1 N–H and O–H groups in total. The van der Waals surface area contributed by atoms with Crippen LogP contribution in [-0.2, 0) is 16.1 Å². The third-order valence-corrected chi connectivity index (χ3v) is 4.94. The van der Waals surface area contributed by atoms with Crippen molar-refractivity contribution >= 4 is 11.8 Å². The number of nitrogens with one attached hydrogen (secondary N) is 1. The highest BCUT2D eigenvalue weighted by Crippen LogP contribution is 2.30. The summed E-state index contributed by atoms with van der Waals surface area (Å²) in [7, 11) is 0. The molecule has 0 unspecified atom stereocenters. The van der Waals surface area contributed by atoms with Crippen molar-refractivity contribution in [2.75, 3.05) is 26.2 Å². The van der Waals surface area contributed by atoms with Crippen LogP contribution >= 0.6 is 0 Å². The number of carbonyl (C=O) groups excluding carboxylic acids is 2. The van der Waals surface area contributed by atoms with Gasteiger partial charge in [-0.15, -0.1) is 0 Å². The Morgan fingerprint density at radius 1 is 1.16 bits per heavy atom. The largest absolute Gasteiger partial charge is 0.351 e. The van der Waals surface area contributed by atoms with Crippen molar-refractivity contribution in [2.24, 2.45) is 0 Å².